The van der Waals surface area contributed by atoms with Crippen molar-refractivity contribution in [1.29, 1.82) is 0 Å². The zero-order chi connectivity index (χ0) is 63.5. The molecule has 4 aliphatic rings. The lowest BCUT2D eigenvalue weighted by Gasteiger charge is -2.08. The quantitative estimate of drug-likeness (QED) is 0.0989. The lowest BCUT2D eigenvalue weighted by atomic mass is 10.0. The molecule has 0 radical (unpaired) electrons. The standard InChI is InChI=1S/C82H56N14/c1-7-19-51(20-8-1)47-95-49-73(91-93-95)79-65-39-35-61(85-65)75(53-23-11-3-12-24-53)57-31-33-59(83-57)77(55-27-15-5-16-28-55)63-37-43-69(87-63)81(71-45-41-67(79)89-71)82-70-44-38-64(88-70)78(56-29-17-6-18-30-56)60-34-32-58(84-60)76(54-25-13-4-14-26-54)62-36-40-66(86-62)80(68-42-46-72(82)90-68)74-50-96(94-92-74)48-52-21-9-2-10-22-52/h1-46,49-50,85-88H,47-48H2. The summed E-state index contributed by atoms with van der Waals surface area (Å²) >= 11 is 0. The van der Waals surface area contributed by atoms with Gasteiger partial charge in [0.25, 0.3) is 0 Å². The van der Waals surface area contributed by atoms with Crippen molar-refractivity contribution in [2.24, 2.45) is 0 Å². The summed E-state index contributed by atoms with van der Waals surface area (Å²) in [4.78, 5) is 38.6. The van der Waals surface area contributed by atoms with Gasteiger partial charge in [-0.15, -0.1) is 10.2 Å². The van der Waals surface area contributed by atoms with Crippen LogP contribution in [0.4, 0.5) is 0 Å². The Kier molecular flexibility index (Phi) is 13.6. The molecule has 0 unspecified atom stereocenters. The van der Waals surface area contributed by atoms with Crippen LogP contribution in [0.2, 0.25) is 0 Å². The predicted octanol–water partition coefficient (Wildman–Crippen LogP) is 18.6. The van der Waals surface area contributed by atoms with Crippen molar-refractivity contribution in [2.45, 2.75) is 13.1 Å². The van der Waals surface area contributed by atoms with Crippen LogP contribution in [0, 0.1) is 0 Å². The zero-order valence-electron chi connectivity index (χ0n) is 51.6. The summed E-state index contributed by atoms with van der Waals surface area (Å²) in [6.07, 6.45) is 20.9. The molecule has 0 spiro atoms. The van der Waals surface area contributed by atoms with Crippen LogP contribution in [0.3, 0.4) is 0 Å². The molecule has 12 heterocycles. The van der Waals surface area contributed by atoms with Crippen molar-refractivity contribution in [3.8, 4) is 78.1 Å². The number of hydrogen-bond acceptors (Lipinski definition) is 8. The maximum absolute atomic E-state index is 5.79. The van der Waals surface area contributed by atoms with Gasteiger partial charge in [-0.1, -0.05) is 192 Å². The van der Waals surface area contributed by atoms with E-state index in [1.165, 1.54) is 0 Å². The minimum absolute atomic E-state index is 0.532. The molecule has 14 heteroatoms. The van der Waals surface area contributed by atoms with Gasteiger partial charge in [-0.3, -0.25) is 0 Å². The number of nitrogens with one attached hydrogen (secondary N) is 4. The minimum atomic E-state index is 0.532. The van der Waals surface area contributed by atoms with Crippen molar-refractivity contribution in [3.63, 3.8) is 0 Å². The van der Waals surface area contributed by atoms with Crippen LogP contribution >= 0.6 is 0 Å². The fraction of sp³-hybridized carbons (Fsp3) is 0.0244. The summed E-state index contributed by atoms with van der Waals surface area (Å²) in [5.74, 6) is 0. The molecular formula is C82H56N14. The average Bonchev–Trinajstić information content (AvgIpc) is 1.60. The summed E-state index contributed by atoms with van der Waals surface area (Å²) in [5.41, 5.74) is 27.1. The lowest BCUT2D eigenvalue weighted by molar-refractivity contribution is 0.650. The maximum Gasteiger partial charge on any atom is 0.117 e. The molecule has 14 aromatic rings. The second kappa shape index (κ2) is 23.5. The fourth-order valence-corrected chi connectivity index (χ4v) is 13.6. The highest BCUT2D eigenvalue weighted by atomic mass is 15.4. The van der Waals surface area contributed by atoms with E-state index in [-0.39, 0.29) is 0 Å². The lowest BCUT2D eigenvalue weighted by Crippen LogP contribution is -1.99. The van der Waals surface area contributed by atoms with Gasteiger partial charge >= 0.3 is 0 Å². The predicted molar refractivity (Wildman–Crippen MR) is 388 cm³/mol. The van der Waals surface area contributed by atoms with E-state index in [9.17, 15) is 0 Å². The van der Waals surface area contributed by atoms with Gasteiger partial charge in [0.1, 0.15) is 11.4 Å². The number of hydrogen-bond donors (Lipinski definition) is 4. The van der Waals surface area contributed by atoms with E-state index in [4.69, 9.17) is 40.6 Å². The second-order valence-electron chi connectivity index (χ2n) is 24.0. The number of H-pyrrole nitrogens is 4. The Labute approximate surface area is 550 Å². The van der Waals surface area contributed by atoms with Crippen molar-refractivity contribution in [2.75, 3.05) is 0 Å². The van der Waals surface area contributed by atoms with Crippen LogP contribution in [0.5, 0.6) is 0 Å². The van der Waals surface area contributed by atoms with Gasteiger partial charge in [-0.25, -0.2) is 29.3 Å². The first kappa shape index (κ1) is 55.6. The monoisotopic (exact) mass is 1240 g/mol. The van der Waals surface area contributed by atoms with Gasteiger partial charge in [0.2, 0.25) is 0 Å². The van der Waals surface area contributed by atoms with E-state index < -0.39 is 0 Å². The van der Waals surface area contributed by atoms with Crippen LogP contribution < -0.4 is 0 Å². The largest absolute Gasteiger partial charge is 0.354 e. The zero-order valence-corrected chi connectivity index (χ0v) is 51.6. The molecular weight excluding hydrogens is 1180 g/mol. The van der Waals surface area contributed by atoms with Crippen LogP contribution in [-0.4, -0.2) is 69.9 Å². The van der Waals surface area contributed by atoms with E-state index in [1.807, 2.05) is 82.4 Å². The van der Waals surface area contributed by atoms with Crippen molar-refractivity contribution >= 4 is 92.7 Å². The highest BCUT2D eigenvalue weighted by Crippen LogP contribution is 2.43. The van der Waals surface area contributed by atoms with Gasteiger partial charge < -0.3 is 19.9 Å². The molecule has 0 fully saturated rings. The Morgan fingerprint density at radius 1 is 0.229 bits per heavy atom. The van der Waals surface area contributed by atoms with Crippen molar-refractivity contribution < 1.29 is 0 Å². The summed E-state index contributed by atoms with van der Waals surface area (Å²) in [5, 5.41) is 19.4. The number of fused-ring (bicyclic) bond motifs is 16. The van der Waals surface area contributed by atoms with Crippen LogP contribution in [0.1, 0.15) is 56.7 Å². The third-order valence-electron chi connectivity index (χ3n) is 18.0. The van der Waals surface area contributed by atoms with Gasteiger partial charge in [0.05, 0.1) is 93.2 Å². The summed E-state index contributed by atoms with van der Waals surface area (Å²) in [7, 11) is 0. The topological polar surface area (TPSA) is 176 Å². The molecule has 0 saturated carbocycles. The molecule has 14 nitrogen and oxygen atoms in total. The first-order valence-corrected chi connectivity index (χ1v) is 32.0. The number of nitrogens with zero attached hydrogens (tertiary/aromatic N) is 10. The SMILES string of the molecule is C1=Cc2nc1c(-c1ccccc1)c1ccc([nH]1)c(-c1cn(Cc3ccccc3)nn1)c1nc(c(-c3c4nc(c(-c5cn(Cc6ccccc6)nn5)c5ccc([nH]5)c(-c5ccccc5)c5nc(c(-c6ccccc6)c6ccc3[nH]6)C=C5)C=C4)c3ccc([nH]3)c2-c2ccccc2)C=C1. The molecule has 16 bridgehead atoms. The Morgan fingerprint density at radius 3 is 0.719 bits per heavy atom. The second-order valence-corrected chi connectivity index (χ2v) is 24.0. The third-order valence-corrected chi connectivity index (χ3v) is 18.0. The molecule has 0 amide bonds. The van der Waals surface area contributed by atoms with E-state index in [2.05, 4.69) is 238 Å². The Bertz CT molecular complexity index is 5510. The molecule has 0 atom stereocenters. The molecule has 6 aromatic carbocycles. The normalized spacial score (nSPS) is 12.3. The minimum Gasteiger partial charge on any atom is -0.354 e. The van der Waals surface area contributed by atoms with E-state index in [0.29, 0.717) is 47.3 Å². The summed E-state index contributed by atoms with van der Waals surface area (Å²) in [6, 6.07) is 79.6. The van der Waals surface area contributed by atoms with Crippen LogP contribution in [0.25, 0.3) is 171 Å². The molecule has 4 N–H and O–H groups in total. The number of aromatic amines is 4. The van der Waals surface area contributed by atoms with Gasteiger partial charge in [-0.05, 0) is 131 Å². The van der Waals surface area contributed by atoms with E-state index in [1.54, 1.807) is 0 Å². The van der Waals surface area contributed by atoms with E-state index >= 15 is 0 Å². The maximum atomic E-state index is 5.79. The fourth-order valence-electron chi connectivity index (χ4n) is 13.6. The highest BCUT2D eigenvalue weighted by molar-refractivity contribution is 6.06. The average molecular weight is 1240 g/mol. The number of benzene rings is 6. The van der Waals surface area contributed by atoms with Gasteiger partial charge in [0, 0.05) is 66.5 Å². The number of rotatable bonds is 11. The number of aromatic nitrogens is 14. The molecule has 0 aliphatic carbocycles. The molecule has 96 heavy (non-hydrogen) atoms. The molecule has 0 saturated heterocycles. The molecule has 454 valence electrons. The molecule has 18 rings (SSSR count). The third kappa shape index (κ3) is 10.2. The Balaban J connectivity index is 0.981. The summed E-state index contributed by atoms with van der Waals surface area (Å²) in [6.45, 7) is 1.06. The van der Waals surface area contributed by atoms with Crippen molar-refractivity contribution in [1.82, 2.24) is 69.9 Å². The van der Waals surface area contributed by atoms with Crippen molar-refractivity contribution in [3.05, 3.63) is 300 Å². The molecule has 4 aliphatic heterocycles. The van der Waals surface area contributed by atoms with Gasteiger partial charge in [0.15, 0.2) is 0 Å². The first-order valence-electron chi connectivity index (χ1n) is 32.0. The van der Waals surface area contributed by atoms with Gasteiger partial charge in [-0.2, -0.15) is 0 Å². The Hall–Kier alpha value is -13.2. The molecule has 8 aromatic heterocycles. The smallest absolute Gasteiger partial charge is 0.117 e. The summed E-state index contributed by atoms with van der Waals surface area (Å²) < 4.78 is 3.76. The Morgan fingerprint density at radius 2 is 0.448 bits per heavy atom. The van der Waals surface area contributed by atoms with Crippen LogP contribution in [-0.2, 0) is 13.1 Å². The highest BCUT2D eigenvalue weighted by Gasteiger charge is 2.25. The van der Waals surface area contributed by atoms with Crippen LogP contribution in [0.15, 0.2) is 243 Å². The van der Waals surface area contributed by atoms with E-state index in [0.717, 1.165) is 145 Å². The first-order chi connectivity index (χ1) is 47.5.